The van der Waals surface area contributed by atoms with Crippen molar-refractivity contribution >= 4 is 38.7 Å². The van der Waals surface area contributed by atoms with Crippen molar-refractivity contribution in [3.8, 4) is 0 Å². The first-order chi connectivity index (χ1) is 11.5. The first kappa shape index (κ1) is 16.1. The molecule has 2 heterocycles. The van der Waals surface area contributed by atoms with Crippen LogP contribution in [0.3, 0.4) is 0 Å². The number of nitro groups is 1. The molecule has 0 amide bonds. The minimum Gasteiger partial charge on any atom is -0.397 e. The highest BCUT2D eigenvalue weighted by Gasteiger charge is 2.19. The molecule has 0 saturated heterocycles. The maximum absolute atomic E-state index is 12.7. The number of aromatic nitrogens is 1. The molecule has 0 aliphatic heterocycles. The molecule has 6 nitrogen and oxygen atoms in total. The number of nitrogens with zero attached hydrogens (tertiary/aromatic N) is 2. The van der Waals surface area contributed by atoms with Gasteiger partial charge < -0.3 is 5.73 Å². The number of fused-ring (bicyclic) bond motifs is 1. The fourth-order valence-electron chi connectivity index (χ4n) is 2.47. The van der Waals surface area contributed by atoms with Crippen molar-refractivity contribution in [3.05, 3.63) is 62.6 Å². The first-order valence-electron chi connectivity index (χ1n) is 7.48. The van der Waals surface area contributed by atoms with E-state index in [0.717, 1.165) is 28.8 Å². The average molecular weight is 341 g/mol. The number of hydrogen-bond donors (Lipinski definition) is 1. The Morgan fingerprint density at radius 2 is 1.96 bits per heavy atom. The van der Waals surface area contributed by atoms with Crippen molar-refractivity contribution < 1.29 is 9.72 Å². The van der Waals surface area contributed by atoms with E-state index in [2.05, 4.69) is 11.9 Å². The number of rotatable bonds is 5. The number of anilines is 1. The van der Waals surface area contributed by atoms with E-state index in [1.807, 2.05) is 12.1 Å². The molecule has 3 rings (SSSR count). The number of nitro benzene ring substituents is 1. The number of nitrogens with two attached hydrogens (primary N) is 1. The Kier molecular flexibility index (Phi) is 4.26. The summed E-state index contributed by atoms with van der Waals surface area (Å²) < 4.78 is 0. The summed E-state index contributed by atoms with van der Waals surface area (Å²) in [6.45, 7) is 2.08. The Morgan fingerprint density at radius 3 is 2.58 bits per heavy atom. The van der Waals surface area contributed by atoms with Crippen LogP contribution in [0.5, 0.6) is 0 Å². The van der Waals surface area contributed by atoms with E-state index in [9.17, 15) is 14.9 Å². The molecule has 0 saturated carbocycles. The highest BCUT2D eigenvalue weighted by atomic mass is 32.1. The van der Waals surface area contributed by atoms with Gasteiger partial charge in [-0.15, -0.1) is 11.3 Å². The van der Waals surface area contributed by atoms with Gasteiger partial charge in [0.15, 0.2) is 0 Å². The lowest BCUT2D eigenvalue weighted by atomic mass is 10.1. The Morgan fingerprint density at radius 1 is 1.25 bits per heavy atom. The van der Waals surface area contributed by atoms with Crippen LogP contribution in [-0.4, -0.2) is 15.7 Å². The highest BCUT2D eigenvalue weighted by molar-refractivity contribution is 7.21. The van der Waals surface area contributed by atoms with Crippen LogP contribution in [0.25, 0.3) is 10.2 Å². The van der Waals surface area contributed by atoms with Crippen LogP contribution in [0.15, 0.2) is 36.4 Å². The number of carbonyl (C=O) groups excluding carboxylic acids is 1. The second-order valence-electron chi connectivity index (χ2n) is 5.38. The molecule has 0 aliphatic carbocycles. The molecule has 2 aromatic heterocycles. The van der Waals surface area contributed by atoms with Gasteiger partial charge in [0, 0.05) is 28.8 Å². The molecular formula is C17H15N3O3S. The van der Waals surface area contributed by atoms with E-state index < -0.39 is 4.92 Å². The second-order valence-corrected chi connectivity index (χ2v) is 6.38. The standard InChI is InChI=1S/C17H15N3O3S/c1-2-3-11-6-9-13-14(18)16(24-17(13)19-11)15(21)10-4-7-12(8-5-10)20(22)23/h4-9H,2-3,18H2,1H3. The summed E-state index contributed by atoms with van der Waals surface area (Å²) in [5.74, 6) is -0.248. The van der Waals surface area contributed by atoms with Crippen molar-refractivity contribution in [2.75, 3.05) is 5.73 Å². The number of ketones is 1. The Bertz CT molecular complexity index is 932. The fourth-order valence-corrected chi connectivity index (χ4v) is 3.54. The van der Waals surface area contributed by atoms with Crippen molar-refractivity contribution in [1.82, 2.24) is 4.98 Å². The normalized spacial score (nSPS) is 10.9. The molecule has 0 atom stereocenters. The molecule has 0 spiro atoms. The molecule has 1 aromatic carbocycles. The zero-order chi connectivity index (χ0) is 17.3. The largest absolute Gasteiger partial charge is 0.397 e. The van der Waals surface area contributed by atoms with Crippen LogP contribution in [-0.2, 0) is 6.42 Å². The molecule has 2 N–H and O–H groups in total. The molecule has 0 unspecified atom stereocenters. The summed E-state index contributed by atoms with van der Waals surface area (Å²) in [5.41, 5.74) is 7.82. The van der Waals surface area contributed by atoms with Crippen molar-refractivity contribution in [2.45, 2.75) is 19.8 Å². The predicted molar refractivity (Wildman–Crippen MR) is 94.6 cm³/mol. The van der Waals surface area contributed by atoms with Crippen molar-refractivity contribution in [1.29, 1.82) is 0 Å². The van der Waals surface area contributed by atoms with Gasteiger partial charge in [0.25, 0.3) is 5.69 Å². The predicted octanol–water partition coefficient (Wildman–Crippen LogP) is 3.97. The van der Waals surface area contributed by atoms with E-state index >= 15 is 0 Å². The maximum Gasteiger partial charge on any atom is 0.269 e. The second kappa shape index (κ2) is 6.37. The van der Waals surface area contributed by atoms with Crippen LogP contribution >= 0.6 is 11.3 Å². The topological polar surface area (TPSA) is 99.1 Å². The molecule has 0 aliphatic rings. The van der Waals surface area contributed by atoms with Gasteiger partial charge in [0.1, 0.15) is 9.71 Å². The van der Waals surface area contributed by atoms with Gasteiger partial charge in [0.2, 0.25) is 5.78 Å². The third kappa shape index (κ3) is 2.85. The number of pyridine rings is 1. The van der Waals surface area contributed by atoms with Crippen LogP contribution in [0.4, 0.5) is 11.4 Å². The van der Waals surface area contributed by atoms with Gasteiger partial charge in [-0.05, 0) is 30.7 Å². The number of carbonyl (C=O) groups is 1. The summed E-state index contributed by atoms with van der Waals surface area (Å²) in [4.78, 5) is 28.6. The number of nitrogen functional groups attached to an aromatic ring is 1. The van der Waals surface area contributed by atoms with Crippen LogP contribution in [0.1, 0.15) is 34.3 Å². The summed E-state index contributed by atoms with van der Waals surface area (Å²) in [6, 6.07) is 9.34. The number of non-ortho nitro benzene ring substituents is 1. The monoisotopic (exact) mass is 341 g/mol. The first-order valence-corrected chi connectivity index (χ1v) is 8.30. The van der Waals surface area contributed by atoms with Gasteiger partial charge in [-0.2, -0.15) is 0 Å². The van der Waals surface area contributed by atoms with Gasteiger partial charge in [-0.3, -0.25) is 14.9 Å². The summed E-state index contributed by atoms with van der Waals surface area (Å²) in [5, 5.41) is 11.5. The number of hydrogen-bond acceptors (Lipinski definition) is 6. The molecule has 7 heteroatoms. The Balaban J connectivity index is 2.00. The molecule has 0 fully saturated rings. The minimum absolute atomic E-state index is 0.0539. The molecule has 0 radical (unpaired) electrons. The van der Waals surface area contributed by atoms with Crippen LogP contribution < -0.4 is 5.73 Å². The zero-order valence-corrected chi connectivity index (χ0v) is 13.8. The van der Waals surface area contributed by atoms with Crippen LogP contribution in [0, 0.1) is 10.1 Å². The third-order valence-electron chi connectivity index (χ3n) is 3.70. The lowest BCUT2D eigenvalue weighted by molar-refractivity contribution is -0.384. The van der Waals surface area contributed by atoms with Gasteiger partial charge in [-0.1, -0.05) is 13.3 Å². The Hall–Kier alpha value is -2.80. The smallest absolute Gasteiger partial charge is 0.269 e. The summed E-state index contributed by atoms with van der Waals surface area (Å²) in [6.07, 6.45) is 1.87. The average Bonchev–Trinajstić information content (AvgIpc) is 2.91. The minimum atomic E-state index is -0.499. The lowest BCUT2D eigenvalue weighted by Crippen LogP contribution is -2.02. The number of aryl methyl sites for hydroxylation is 1. The fraction of sp³-hybridized carbons (Fsp3) is 0.176. The van der Waals surface area contributed by atoms with Crippen molar-refractivity contribution in [3.63, 3.8) is 0 Å². The number of thiophene rings is 1. The van der Waals surface area contributed by atoms with E-state index in [4.69, 9.17) is 5.73 Å². The van der Waals surface area contributed by atoms with Gasteiger partial charge in [-0.25, -0.2) is 4.98 Å². The van der Waals surface area contributed by atoms with Crippen molar-refractivity contribution in [2.24, 2.45) is 0 Å². The van der Waals surface area contributed by atoms with Gasteiger partial charge >= 0.3 is 0 Å². The molecule has 0 bridgehead atoms. The molecule has 122 valence electrons. The summed E-state index contributed by atoms with van der Waals surface area (Å²) in [7, 11) is 0. The third-order valence-corrected chi connectivity index (χ3v) is 4.82. The number of benzene rings is 1. The molecule has 24 heavy (non-hydrogen) atoms. The van der Waals surface area contributed by atoms with E-state index in [-0.39, 0.29) is 11.5 Å². The van der Waals surface area contributed by atoms with E-state index in [1.54, 1.807) is 0 Å². The van der Waals surface area contributed by atoms with Gasteiger partial charge in [0.05, 0.1) is 10.6 Å². The quantitative estimate of drug-likeness (QED) is 0.430. The Labute approximate surface area is 142 Å². The SMILES string of the molecule is CCCc1ccc2c(N)c(C(=O)c3ccc([N+](=O)[O-])cc3)sc2n1. The highest BCUT2D eigenvalue weighted by Crippen LogP contribution is 2.34. The molecular weight excluding hydrogens is 326 g/mol. The molecule has 3 aromatic rings. The maximum atomic E-state index is 12.7. The van der Waals surface area contributed by atoms with Crippen LogP contribution in [0.2, 0.25) is 0 Å². The summed E-state index contributed by atoms with van der Waals surface area (Å²) >= 11 is 1.26. The van der Waals surface area contributed by atoms with E-state index in [0.29, 0.717) is 16.1 Å². The lowest BCUT2D eigenvalue weighted by Gasteiger charge is -2.00. The zero-order valence-electron chi connectivity index (χ0n) is 13.0. The van der Waals surface area contributed by atoms with E-state index in [1.165, 1.54) is 35.6 Å².